The monoisotopic (exact) mass is 325 g/mol. The molecule has 1 aliphatic heterocycles. The first-order valence-electron chi connectivity index (χ1n) is 6.19. The van der Waals surface area contributed by atoms with Crippen molar-refractivity contribution in [2.75, 3.05) is 19.6 Å². The van der Waals surface area contributed by atoms with E-state index in [1.165, 1.54) is 0 Å². The van der Waals surface area contributed by atoms with Gasteiger partial charge < -0.3 is 16.0 Å². The molecule has 0 radical (unpaired) electrons. The highest BCUT2D eigenvalue weighted by molar-refractivity contribution is 9.10. The molecule has 0 saturated carbocycles. The quantitative estimate of drug-likeness (QED) is 0.761. The molecule has 0 aromatic heterocycles. The topological polar surface area (TPSA) is 70.2 Å². The van der Waals surface area contributed by atoms with Gasteiger partial charge in [0.1, 0.15) is 0 Å². The first-order valence-corrected chi connectivity index (χ1v) is 6.98. The fraction of sp³-hybridized carbons (Fsp3) is 0.385. The Morgan fingerprint density at radius 2 is 2.26 bits per heavy atom. The van der Waals surface area contributed by atoms with Gasteiger partial charge >= 0.3 is 0 Å². The summed E-state index contributed by atoms with van der Waals surface area (Å²) in [6, 6.07) is 7.22. The van der Waals surface area contributed by atoms with Crippen LogP contribution in [0.1, 0.15) is 16.8 Å². The number of amides is 2. The molecule has 1 aromatic rings. The van der Waals surface area contributed by atoms with Crippen LogP contribution >= 0.6 is 15.9 Å². The van der Waals surface area contributed by atoms with Crippen molar-refractivity contribution >= 4 is 27.7 Å². The van der Waals surface area contributed by atoms with Crippen LogP contribution in [0.15, 0.2) is 28.7 Å². The highest BCUT2D eigenvalue weighted by Crippen LogP contribution is 2.11. The predicted octanol–water partition coefficient (Wildman–Crippen LogP) is 0.657. The molecule has 1 aliphatic rings. The molecule has 0 aliphatic carbocycles. The van der Waals surface area contributed by atoms with E-state index in [0.29, 0.717) is 5.56 Å². The van der Waals surface area contributed by atoms with Crippen molar-refractivity contribution in [3.63, 3.8) is 0 Å². The molecule has 1 unspecified atom stereocenters. The van der Waals surface area contributed by atoms with Gasteiger partial charge in [0.05, 0.1) is 6.54 Å². The van der Waals surface area contributed by atoms with E-state index < -0.39 is 0 Å². The van der Waals surface area contributed by atoms with Crippen molar-refractivity contribution in [3.8, 4) is 0 Å². The fourth-order valence-corrected chi connectivity index (χ4v) is 2.35. The van der Waals surface area contributed by atoms with Gasteiger partial charge in [0.15, 0.2) is 0 Å². The van der Waals surface area contributed by atoms with Crippen molar-refractivity contribution in [2.24, 2.45) is 0 Å². The van der Waals surface area contributed by atoms with Crippen LogP contribution in [0.25, 0.3) is 0 Å². The lowest BCUT2D eigenvalue weighted by Gasteiger charge is -2.11. The van der Waals surface area contributed by atoms with Gasteiger partial charge in [0, 0.05) is 22.6 Å². The molecule has 102 valence electrons. The minimum absolute atomic E-state index is 0.00183. The summed E-state index contributed by atoms with van der Waals surface area (Å²) in [5, 5.41) is 8.65. The van der Waals surface area contributed by atoms with Crippen LogP contribution in [-0.2, 0) is 4.79 Å². The van der Waals surface area contributed by atoms with Gasteiger partial charge in [0.2, 0.25) is 5.91 Å². The highest BCUT2D eigenvalue weighted by Gasteiger charge is 2.16. The minimum atomic E-state index is -0.249. The highest BCUT2D eigenvalue weighted by atomic mass is 79.9. The lowest BCUT2D eigenvalue weighted by Crippen LogP contribution is -2.42. The first-order chi connectivity index (χ1) is 9.15. The Hall–Kier alpha value is -1.40. The molecule has 6 heteroatoms. The summed E-state index contributed by atoms with van der Waals surface area (Å²) in [6.07, 6.45) is 0.936. The maximum atomic E-state index is 11.8. The molecule has 0 bridgehead atoms. The molecule has 1 aromatic carbocycles. The van der Waals surface area contributed by atoms with E-state index in [0.717, 1.165) is 24.0 Å². The van der Waals surface area contributed by atoms with Crippen molar-refractivity contribution < 1.29 is 9.59 Å². The smallest absolute Gasteiger partial charge is 0.251 e. The molecular formula is C13H16BrN3O2. The van der Waals surface area contributed by atoms with E-state index in [-0.39, 0.29) is 24.4 Å². The van der Waals surface area contributed by atoms with Crippen molar-refractivity contribution in [1.29, 1.82) is 0 Å². The number of rotatable bonds is 4. The number of hydrogen-bond donors (Lipinski definition) is 3. The lowest BCUT2D eigenvalue weighted by molar-refractivity contribution is -0.120. The summed E-state index contributed by atoms with van der Waals surface area (Å²) in [5.74, 6) is -0.405. The van der Waals surface area contributed by atoms with E-state index in [1.807, 2.05) is 6.07 Å². The summed E-state index contributed by atoms with van der Waals surface area (Å²) >= 11 is 3.30. The average Bonchev–Trinajstić information content (AvgIpc) is 2.88. The molecule has 1 saturated heterocycles. The lowest BCUT2D eigenvalue weighted by atomic mass is 10.2. The molecule has 1 heterocycles. The Labute approximate surface area is 120 Å². The van der Waals surface area contributed by atoms with E-state index in [1.54, 1.807) is 18.2 Å². The molecule has 2 amide bonds. The van der Waals surface area contributed by atoms with Crippen LogP contribution in [0.5, 0.6) is 0 Å². The summed E-state index contributed by atoms with van der Waals surface area (Å²) in [4.78, 5) is 23.5. The second-order valence-corrected chi connectivity index (χ2v) is 5.37. The summed E-state index contributed by atoms with van der Waals surface area (Å²) in [5.41, 5.74) is 0.532. The summed E-state index contributed by atoms with van der Waals surface area (Å²) in [6.45, 7) is 1.72. The SMILES string of the molecule is O=C(CNC(=O)c1cccc(Br)c1)NC1CCNC1. The van der Waals surface area contributed by atoms with Gasteiger partial charge in [-0.1, -0.05) is 22.0 Å². The second-order valence-electron chi connectivity index (χ2n) is 4.45. The molecule has 2 rings (SSSR count). The number of nitrogens with one attached hydrogen (secondary N) is 3. The Bertz CT molecular complexity index is 473. The van der Waals surface area contributed by atoms with Gasteiger partial charge in [0.25, 0.3) is 5.91 Å². The van der Waals surface area contributed by atoms with Gasteiger partial charge in [-0.2, -0.15) is 0 Å². The van der Waals surface area contributed by atoms with Crippen molar-refractivity contribution in [2.45, 2.75) is 12.5 Å². The van der Waals surface area contributed by atoms with Crippen LogP contribution in [-0.4, -0.2) is 37.5 Å². The van der Waals surface area contributed by atoms with Gasteiger partial charge in [-0.3, -0.25) is 9.59 Å². The molecule has 1 fully saturated rings. The number of halogens is 1. The third kappa shape index (κ3) is 4.33. The van der Waals surface area contributed by atoms with Crippen molar-refractivity contribution in [1.82, 2.24) is 16.0 Å². The predicted molar refractivity (Wildman–Crippen MR) is 75.9 cm³/mol. The van der Waals surface area contributed by atoms with Crippen LogP contribution in [0.3, 0.4) is 0 Å². The van der Waals surface area contributed by atoms with Gasteiger partial charge in [-0.15, -0.1) is 0 Å². The van der Waals surface area contributed by atoms with Crippen molar-refractivity contribution in [3.05, 3.63) is 34.3 Å². The van der Waals surface area contributed by atoms with E-state index in [4.69, 9.17) is 0 Å². The Morgan fingerprint density at radius 3 is 2.95 bits per heavy atom. The maximum absolute atomic E-state index is 11.8. The minimum Gasteiger partial charge on any atom is -0.351 e. The molecule has 5 nitrogen and oxygen atoms in total. The van der Waals surface area contributed by atoms with Crippen LogP contribution in [0.2, 0.25) is 0 Å². The summed E-state index contributed by atoms with van der Waals surface area (Å²) < 4.78 is 0.835. The zero-order valence-corrected chi connectivity index (χ0v) is 12.0. The standard InChI is InChI=1S/C13H16BrN3O2/c14-10-3-1-2-9(6-10)13(19)16-8-12(18)17-11-4-5-15-7-11/h1-3,6,11,15H,4-5,7-8H2,(H,16,19)(H,17,18). The number of benzene rings is 1. The number of hydrogen-bond acceptors (Lipinski definition) is 3. The molecule has 0 spiro atoms. The fourth-order valence-electron chi connectivity index (χ4n) is 1.95. The van der Waals surface area contributed by atoms with Crippen LogP contribution in [0.4, 0.5) is 0 Å². The Balaban J connectivity index is 1.78. The second kappa shape index (κ2) is 6.68. The molecule has 19 heavy (non-hydrogen) atoms. The maximum Gasteiger partial charge on any atom is 0.251 e. The summed E-state index contributed by atoms with van der Waals surface area (Å²) in [7, 11) is 0. The third-order valence-electron chi connectivity index (χ3n) is 2.92. The number of carbonyl (C=O) groups is 2. The van der Waals surface area contributed by atoms with E-state index in [9.17, 15) is 9.59 Å². The molecule has 3 N–H and O–H groups in total. The zero-order chi connectivity index (χ0) is 13.7. The van der Waals surface area contributed by atoms with E-state index >= 15 is 0 Å². The zero-order valence-electron chi connectivity index (χ0n) is 10.4. The average molecular weight is 326 g/mol. The van der Waals surface area contributed by atoms with Gasteiger partial charge in [-0.05, 0) is 31.2 Å². The van der Waals surface area contributed by atoms with E-state index in [2.05, 4.69) is 31.9 Å². The van der Waals surface area contributed by atoms with Crippen LogP contribution < -0.4 is 16.0 Å². The Morgan fingerprint density at radius 1 is 1.42 bits per heavy atom. The Kier molecular flexibility index (Phi) is 4.93. The molecular weight excluding hydrogens is 310 g/mol. The largest absolute Gasteiger partial charge is 0.351 e. The molecule has 1 atom stereocenters. The first kappa shape index (κ1) is 14.0. The normalized spacial score (nSPS) is 18.1. The number of carbonyl (C=O) groups excluding carboxylic acids is 2. The van der Waals surface area contributed by atoms with Crippen LogP contribution in [0, 0.1) is 0 Å². The van der Waals surface area contributed by atoms with Gasteiger partial charge in [-0.25, -0.2) is 0 Å². The third-order valence-corrected chi connectivity index (χ3v) is 3.41.